The number of nitrogens with zero attached hydrogens (tertiary/aromatic N) is 2. The van der Waals surface area contributed by atoms with E-state index in [9.17, 15) is 31.5 Å². The first-order valence-corrected chi connectivity index (χ1v) is 7.24. The van der Waals surface area contributed by atoms with Gasteiger partial charge in [0.2, 0.25) is 0 Å². The summed E-state index contributed by atoms with van der Waals surface area (Å²) < 4.78 is 71.1. The van der Waals surface area contributed by atoms with Gasteiger partial charge in [-0.05, 0) is 26.8 Å². The van der Waals surface area contributed by atoms with E-state index in [1.807, 2.05) is 0 Å². The van der Waals surface area contributed by atoms with Crippen LogP contribution in [0, 0.1) is 0 Å². The molecule has 140 valence electrons. The Morgan fingerprint density at radius 2 is 1.96 bits per heavy atom. The lowest BCUT2D eigenvalue weighted by Crippen LogP contribution is -2.38. The lowest BCUT2D eigenvalue weighted by molar-refractivity contribution is -0.138. The van der Waals surface area contributed by atoms with Gasteiger partial charge in [-0.2, -0.15) is 18.3 Å². The van der Waals surface area contributed by atoms with Crippen LogP contribution in [0.5, 0.6) is 0 Å². The number of aromatic nitrogens is 2. The van der Waals surface area contributed by atoms with E-state index in [0.29, 0.717) is 11.0 Å². The smallest absolute Gasteiger partial charge is 0.421 e. The van der Waals surface area contributed by atoms with E-state index < -0.39 is 59.6 Å². The number of amides is 1. The van der Waals surface area contributed by atoms with Gasteiger partial charge in [0.05, 0.1) is 18.3 Å². The minimum absolute atomic E-state index is 0.377. The van der Waals surface area contributed by atoms with Gasteiger partial charge in [0.1, 0.15) is 11.2 Å². The molecule has 1 aromatic rings. The molecule has 0 radical (unpaired) electrons. The van der Waals surface area contributed by atoms with Crippen molar-refractivity contribution in [3.05, 3.63) is 27.7 Å². The monoisotopic (exact) mass is 369 g/mol. The fourth-order valence-corrected chi connectivity index (χ4v) is 2.40. The Morgan fingerprint density at radius 1 is 1.36 bits per heavy atom. The molecule has 0 saturated carbocycles. The number of alkyl halides is 5. The van der Waals surface area contributed by atoms with Gasteiger partial charge in [-0.3, -0.25) is 9.69 Å². The third-order valence-electron chi connectivity index (χ3n) is 3.37. The molecule has 0 unspecified atom stereocenters. The summed E-state index contributed by atoms with van der Waals surface area (Å²) >= 11 is 0. The first-order valence-electron chi connectivity index (χ1n) is 7.24. The minimum atomic E-state index is -4.98. The molecule has 1 atom stereocenters. The Labute approximate surface area is 139 Å². The minimum Gasteiger partial charge on any atom is -0.444 e. The standard InChI is InChI=1S/C14H16F5N3O3/c1-12(2,3)25-11(24)22-6-13(15,16)5-9(22)8-4-7(14(17,18)19)10(23)21-20-8/h4,9H,5-6H2,1-3H3,(H,21,23)/t9-/m1/s1. The number of carbonyl (C=O) groups is 1. The molecular formula is C14H16F5N3O3. The van der Waals surface area contributed by atoms with Crippen LogP contribution in [0.1, 0.15) is 44.5 Å². The molecule has 6 nitrogen and oxygen atoms in total. The predicted molar refractivity (Wildman–Crippen MR) is 75.1 cm³/mol. The predicted octanol–water partition coefficient (Wildman–Crippen LogP) is 3.11. The largest absolute Gasteiger partial charge is 0.444 e. The van der Waals surface area contributed by atoms with Crippen molar-refractivity contribution in [3.63, 3.8) is 0 Å². The Hall–Kier alpha value is -2.20. The van der Waals surface area contributed by atoms with Crippen LogP contribution in [0.25, 0.3) is 0 Å². The number of rotatable bonds is 1. The van der Waals surface area contributed by atoms with Crippen LogP contribution in [0.15, 0.2) is 10.9 Å². The zero-order chi connectivity index (χ0) is 19.2. The second-order valence-corrected chi connectivity index (χ2v) is 6.72. The lowest BCUT2D eigenvalue weighted by Gasteiger charge is -2.27. The van der Waals surface area contributed by atoms with E-state index in [1.165, 1.54) is 20.8 Å². The Bertz CT molecular complexity index is 724. The molecule has 0 bridgehead atoms. The summed E-state index contributed by atoms with van der Waals surface area (Å²) in [5.41, 5.74) is -4.54. The van der Waals surface area contributed by atoms with E-state index in [2.05, 4.69) is 5.10 Å². The first kappa shape index (κ1) is 19.1. The molecule has 1 amide bonds. The quantitative estimate of drug-likeness (QED) is 0.772. The molecule has 11 heteroatoms. The number of carbonyl (C=O) groups excluding carboxylic acids is 1. The third-order valence-corrected chi connectivity index (χ3v) is 3.37. The first-order chi connectivity index (χ1) is 11.2. The number of hydrogen-bond donors (Lipinski definition) is 1. The highest BCUT2D eigenvalue weighted by Gasteiger charge is 2.50. The maximum atomic E-state index is 13.8. The molecule has 25 heavy (non-hydrogen) atoms. The number of nitrogens with one attached hydrogen (secondary N) is 1. The van der Waals surface area contributed by atoms with Crippen molar-refractivity contribution in [1.29, 1.82) is 0 Å². The molecule has 0 spiro atoms. The highest BCUT2D eigenvalue weighted by molar-refractivity contribution is 5.69. The van der Waals surface area contributed by atoms with E-state index in [-0.39, 0.29) is 0 Å². The Balaban J connectivity index is 2.41. The van der Waals surface area contributed by atoms with E-state index in [4.69, 9.17) is 4.74 Å². The molecule has 1 aliphatic heterocycles. The summed E-state index contributed by atoms with van der Waals surface area (Å²) in [7, 11) is 0. The van der Waals surface area contributed by atoms with Gasteiger partial charge in [-0.1, -0.05) is 0 Å². The summed E-state index contributed by atoms with van der Waals surface area (Å²) in [4.78, 5) is 24.0. The molecule has 1 aliphatic rings. The van der Waals surface area contributed by atoms with Crippen LogP contribution in [0.2, 0.25) is 0 Å². The average Bonchev–Trinajstić information content (AvgIpc) is 2.72. The van der Waals surface area contributed by atoms with E-state index in [1.54, 1.807) is 5.10 Å². The van der Waals surface area contributed by atoms with Gasteiger partial charge in [-0.25, -0.2) is 18.7 Å². The van der Waals surface area contributed by atoms with Gasteiger partial charge >= 0.3 is 12.3 Å². The van der Waals surface area contributed by atoms with Crippen LogP contribution in [0.4, 0.5) is 26.7 Å². The molecule has 1 saturated heterocycles. The number of hydrogen-bond acceptors (Lipinski definition) is 4. The van der Waals surface area contributed by atoms with Crippen LogP contribution in [-0.4, -0.2) is 39.3 Å². The summed E-state index contributed by atoms with van der Waals surface area (Å²) in [5.74, 6) is -3.32. The van der Waals surface area contributed by atoms with Gasteiger partial charge in [0.15, 0.2) is 0 Å². The molecule has 1 fully saturated rings. The van der Waals surface area contributed by atoms with E-state index in [0.717, 1.165) is 0 Å². The number of ether oxygens (including phenoxy) is 1. The number of halogens is 5. The summed E-state index contributed by atoms with van der Waals surface area (Å²) in [6.45, 7) is 3.55. The van der Waals surface area contributed by atoms with E-state index >= 15 is 0 Å². The van der Waals surface area contributed by atoms with Crippen molar-refractivity contribution >= 4 is 6.09 Å². The summed E-state index contributed by atoms with van der Waals surface area (Å²) in [6, 6.07) is -1.08. The van der Waals surface area contributed by atoms with Crippen molar-refractivity contribution in [3.8, 4) is 0 Å². The molecule has 0 aliphatic carbocycles. The zero-order valence-electron chi connectivity index (χ0n) is 13.6. The number of aromatic amines is 1. The van der Waals surface area contributed by atoms with Gasteiger partial charge < -0.3 is 4.74 Å². The summed E-state index contributed by atoms with van der Waals surface area (Å²) in [5, 5.41) is 5.05. The van der Waals surface area contributed by atoms with Crippen LogP contribution in [0.3, 0.4) is 0 Å². The van der Waals surface area contributed by atoms with Gasteiger partial charge in [0, 0.05) is 6.42 Å². The van der Waals surface area contributed by atoms with Crippen LogP contribution in [-0.2, 0) is 10.9 Å². The van der Waals surface area contributed by atoms with Gasteiger partial charge in [0.25, 0.3) is 11.5 Å². The molecule has 1 aromatic heterocycles. The topological polar surface area (TPSA) is 75.3 Å². The fraction of sp³-hybridized carbons (Fsp3) is 0.643. The van der Waals surface area contributed by atoms with Crippen molar-refractivity contribution in [2.75, 3.05) is 6.54 Å². The fourth-order valence-electron chi connectivity index (χ4n) is 2.40. The van der Waals surface area contributed by atoms with Crippen molar-refractivity contribution in [2.24, 2.45) is 0 Å². The molecule has 2 heterocycles. The number of H-pyrrole nitrogens is 1. The highest BCUT2D eigenvalue weighted by atomic mass is 19.4. The zero-order valence-corrected chi connectivity index (χ0v) is 13.6. The Morgan fingerprint density at radius 3 is 2.48 bits per heavy atom. The average molecular weight is 369 g/mol. The molecule has 1 N–H and O–H groups in total. The summed E-state index contributed by atoms with van der Waals surface area (Å²) in [6.07, 6.45) is -7.01. The van der Waals surface area contributed by atoms with Crippen molar-refractivity contribution < 1.29 is 31.5 Å². The molecular weight excluding hydrogens is 353 g/mol. The second kappa shape index (κ2) is 5.95. The van der Waals surface area contributed by atoms with Crippen LogP contribution < -0.4 is 5.56 Å². The van der Waals surface area contributed by atoms with Gasteiger partial charge in [-0.15, -0.1) is 0 Å². The maximum absolute atomic E-state index is 13.8. The van der Waals surface area contributed by atoms with Crippen molar-refractivity contribution in [2.45, 2.75) is 50.9 Å². The maximum Gasteiger partial charge on any atom is 0.421 e. The van der Waals surface area contributed by atoms with Crippen LogP contribution >= 0.6 is 0 Å². The molecule has 0 aromatic carbocycles. The normalized spacial score (nSPS) is 20.6. The SMILES string of the molecule is CC(C)(C)OC(=O)N1CC(F)(F)C[C@@H]1c1cc(C(F)(F)F)c(=O)[nH]n1. The highest BCUT2D eigenvalue weighted by Crippen LogP contribution is 2.41. The lowest BCUT2D eigenvalue weighted by atomic mass is 10.1. The molecule has 2 rings (SSSR count). The van der Waals surface area contributed by atoms with Crippen molar-refractivity contribution in [1.82, 2.24) is 15.1 Å². The number of likely N-dealkylation sites (tertiary alicyclic amines) is 1. The third kappa shape index (κ3) is 4.45. The Kier molecular flexibility index (Phi) is 4.56. The second-order valence-electron chi connectivity index (χ2n) is 6.72.